The number of carbonyl (C=O) groups is 2. The summed E-state index contributed by atoms with van der Waals surface area (Å²) in [7, 11) is 0. The van der Waals surface area contributed by atoms with Gasteiger partial charge >= 0.3 is 5.69 Å². The normalized spacial score (nSPS) is 16.1. The Morgan fingerprint density at radius 3 is 2.85 bits per heavy atom. The summed E-state index contributed by atoms with van der Waals surface area (Å²) in [6, 6.07) is 10.5. The zero-order chi connectivity index (χ0) is 19.6. The third-order valence-corrected chi connectivity index (χ3v) is 4.33. The van der Waals surface area contributed by atoms with Crippen LogP contribution < -0.4 is 15.0 Å². The number of benzene rings is 2. The van der Waals surface area contributed by atoms with Gasteiger partial charge in [-0.15, -0.1) is 0 Å². The van der Waals surface area contributed by atoms with Crippen molar-refractivity contribution < 1.29 is 19.2 Å². The van der Waals surface area contributed by atoms with E-state index in [4.69, 9.17) is 16.3 Å². The number of hydrogen-bond donors (Lipinski definition) is 1. The lowest BCUT2D eigenvalue weighted by atomic mass is 10.1. The Bertz CT molecular complexity index is 918. The third-order valence-electron chi connectivity index (χ3n) is 4.10. The Balaban J connectivity index is 1.84. The number of nitrogens with zero attached hydrogens (tertiary/aromatic N) is 2. The molecule has 2 aromatic rings. The summed E-state index contributed by atoms with van der Waals surface area (Å²) in [4.78, 5) is 36.8. The fourth-order valence-corrected chi connectivity index (χ4v) is 3.10. The maximum Gasteiger partial charge on any atom is 0.312 e. The Morgan fingerprint density at radius 2 is 2.11 bits per heavy atom. The maximum atomic E-state index is 12.8. The quantitative estimate of drug-likeness (QED) is 0.637. The second-order valence-electron chi connectivity index (χ2n) is 6.04. The van der Waals surface area contributed by atoms with E-state index in [0.29, 0.717) is 11.4 Å². The number of hydrogen-bond acceptors (Lipinski definition) is 5. The van der Waals surface area contributed by atoms with Crippen LogP contribution in [0.1, 0.15) is 13.3 Å². The summed E-state index contributed by atoms with van der Waals surface area (Å²) in [6.45, 7) is 1.33. The molecular formula is C18H16ClN3O5. The molecule has 1 heterocycles. The Kier molecular flexibility index (Phi) is 5.27. The monoisotopic (exact) mass is 389 g/mol. The molecule has 0 saturated carbocycles. The zero-order valence-electron chi connectivity index (χ0n) is 14.3. The number of rotatable bonds is 4. The molecule has 1 N–H and O–H groups in total. The number of halogens is 1. The largest absolute Gasteiger partial charge is 0.477 e. The van der Waals surface area contributed by atoms with Gasteiger partial charge in [-0.05, 0) is 31.2 Å². The highest BCUT2D eigenvalue weighted by atomic mass is 35.5. The number of anilines is 2. The third kappa shape index (κ3) is 4.01. The number of nitro benzene ring substituents is 1. The van der Waals surface area contributed by atoms with Gasteiger partial charge in [-0.2, -0.15) is 0 Å². The second kappa shape index (κ2) is 7.63. The van der Waals surface area contributed by atoms with Crippen molar-refractivity contribution in [3.05, 3.63) is 57.6 Å². The highest BCUT2D eigenvalue weighted by Gasteiger charge is 2.30. The molecule has 2 aromatic carbocycles. The van der Waals surface area contributed by atoms with Gasteiger partial charge < -0.3 is 15.0 Å². The standard InChI is InChI=1S/C18H16ClN3O5/c1-11-8-17(23)20-13-4-2-3-5-14(13)21(11)18(24)10-27-16-7-6-12(19)9-15(16)22(25)26/h2-7,9,11H,8,10H2,1H3,(H,20,23)/t11-/m1/s1. The molecule has 0 bridgehead atoms. The fourth-order valence-electron chi connectivity index (χ4n) is 2.93. The predicted molar refractivity (Wildman–Crippen MR) is 100 cm³/mol. The first-order valence-corrected chi connectivity index (χ1v) is 8.52. The lowest BCUT2D eigenvalue weighted by molar-refractivity contribution is -0.385. The molecule has 0 radical (unpaired) electrons. The van der Waals surface area contributed by atoms with E-state index < -0.39 is 23.5 Å². The number of ether oxygens (including phenoxy) is 1. The van der Waals surface area contributed by atoms with Gasteiger partial charge in [0.15, 0.2) is 12.4 Å². The molecule has 1 atom stereocenters. The summed E-state index contributed by atoms with van der Waals surface area (Å²) in [5.74, 6) is -0.669. The molecular weight excluding hydrogens is 374 g/mol. The number of nitro groups is 1. The van der Waals surface area contributed by atoms with E-state index >= 15 is 0 Å². The summed E-state index contributed by atoms with van der Waals surface area (Å²) < 4.78 is 5.40. The molecule has 9 heteroatoms. The average molecular weight is 390 g/mol. The fraction of sp³-hybridized carbons (Fsp3) is 0.222. The maximum absolute atomic E-state index is 12.8. The molecule has 0 fully saturated rings. The highest BCUT2D eigenvalue weighted by molar-refractivity contribution is 6.30. The van der Waals surface area contributed by atoms with E-state index in [1.165, 1.54) is 17.0 Å². The van der Waals surface area contributed by atoms with Crippen molar-refractivity contribution in [2.24, 2.45) is 0 Å². The molecule has 2 amide bonds. The van der Waals surface area contributed by atoms with Gasteiger partial charge in [-0.1, -0.05) is 23.7 Å². The molecule has 8 nitrogen and oxygen atoms in total. The minimum absolute atomic E-state index is 0.0530. The Labute approximate surface area is 159 Å². The van der Waals surface area contributed by atoms with E-state index in [1.807, 2.05) is 0 Å². The molecule has 0 spiro atoms. The van der Waals surface area contributed by atoms with E-state index in [0.717, 1.165) is 6.07 Å². The number of nitrogens with one attached hydrogen (secondary N) is 1. The van der Waals surface area contributed by atoms with Crippen molar-refractivity contribution in [1.82, 2.24) is 0 Å². The smallest absolute Gasteiger partial charge is 0.312 e. The lowest BCUT2D eigenvalue weighted by Gasteiger charge is -2.27. The van der Waals surface area contributed by atoms with Gasteiger partial charge in [0.1, 0.15) is 0 Å². The summed E-state index contributed by atoms with van der Waals surface area (Å²) in [5.41, 5.74) is 0.754. The van der Waals surface area contributed by atoms with Crippen molar-refractivity contribution in [3.63, 3.8) is 0 Å². The molecule has 140 valence electrons. The van der Waals surface area contributed by atoms with Gasteiger partial charge in [-0.3, -0.25) is 19.7 Å². The van der Waals surface area contributed by atoms with Gasteiger partial charge in [0, 0.05) is 23.6 Å². The van der Waals surface area contributed by atoms with Crippen molar-refractivity contribution in [1.29, 1.82) is 0 Å². The van der Waals surface area contributed by atoms with Crippen LogP contribution in [0, 0.1) is 10.1 Å². The van der Waals surface area contributed by atoms with Crippen LogP contribution in [-0.2, 0) is 9.59 Å². The molecule has 0 aromatic heterocycles. The number of fused-ring (bicyclic) bond motifs is 1. The molecule has 3 rings (SSSR count). The van der Waals surface area contributed by atoms with Crippen LogP contribution in [0.2, 0.25) is 5.02 Å². The number of para-hydroxylation sites is 2. The first-order chi connectivity index (χ1) is 12.9. The van der Waals surface area contributed by atoms with Crippen LogP contribution in [0.15, 0.2) is 42.5 Å². The van der Waals surface area contributed by atoms with Crippen LogP contribution in [0.3, 0.4) is 0 Å². The van der Waals surface area contributed by atoms with Crippen LogP contribution in [-0.4, -0.2) is 29.4 Å². The molecule has 0 saturated heterocycles. The minimum Gasteiger partial charge on any atom is -0.477 e. The van der Waals surface area contributed by atoms with E-state index in [2.05, 4.69) is 5.32 Å². The minimum atomic E-state index is -0.627. The summed E-state index contributed by atoms with van der Waals surface area (Å²) >= 11 is 5.78. The molecule has 1 aliphatic heterocycles. The van der Waals surface area contributed by atoms with E-state index in [9.17, 15) is 19.7 Å². The first-order valence-electron chi connectivity index (χ1n) is 8.14. The summed E-state index contributed by atoms with van der Waals surface area (Å²) in [6.07, 6.45) is 0.127. The molecule has 0 unspecified atom stereocenters. The van der Waals surface area contributed by atoms with Gasteiger partial charge in [0.25, 0.3) is 5.91 Å². The predicted octanol–water partition coefficient (Wildman–Crippen LogP) is 3.39. The highest BCUT2D eigenvalue weighted by Crippen LogP contribution is 2.32. The van der Waals surface area contributed by atoms with Crippen LogP contribution in [0.5, 0.6) is 5.75 Å². The van der Waals surface area contributed by atoms with Gasteiger partial charge in [-0.25, -0.2) is 0 Å². The van der Waals surface area contributed by atoms with Crippen LogP contribution in [0.4, 0.5) is 17.1 Å². The van der Waals surface area contributed by atoms with Crippen molar-refractivity contribution >= 4 is 40.5 Å². The lowest BCUT2D eigenvalue weighted by Crippen LogP contribution is -2.41. The summed E-state index contributed by atoms with van der Waals surface area (Å²) in [5, 5.41) is 14.1. The van der Waals surface area contributed by atoms with Gasteiger partial charge in [0.05, 0.1) is 16.3 Å². The van der Waals surface area contributed by atoms with E-state index in [-0.39, 0.29) is 28.8 Å². The van der Waals surface area contributed by atoms with Gasteiger partial charge in [0.2, 0.25) is 5.91 Å². The van der Waals surface area contributed by atoms with Crippen LogP contribution >= 0.6 is 11.6 Å². The average Bonchev–Trinajstić information content (AvgIpc) is 2.74. The Hall–Kier alpha value is -3.13. The second-order valence-corrected chi connectivity index (χ2v) is 6.48. The first kappa shape index (κ1) is 18.7. The number of amides is 2. The SMILES string of the molecule is C[C@@H]1CC(=O)Nc2ccccc2N1C(=O)COc1ccc(Cl)cc1[N+](=O)[O-]. The van der Waals surface area contributed by atoms with Crippen molar-refractivity contribution in [3.8, 4) is 5.75 Å². The van der Waals surface area contributed by atoms with E-state index in [1.54, 1.807) is 31.2 Å². The van der Waals surface area contributed by atoms with Crippen molar-refractivity contribution in [2.75, 3.05) is 16.8 Å². The Morgan fingerprint density at radius 1 is 1.37 bits per heavy atom. The zero-order valence-corrected chi connectivity index (χ0v) is 15.1. The molecule has 1 aliphatic rings. The number of carbonyl (C=O) groups excluding carboxylic acids is 2. The molecule has 27 heavy (non-hydrogen) atoms. The molecule has 0 aliphatic carbocycles. The van der Waals surface area contributed by atoms with Crippen LogP contribution in [0.25, 0.3) is 0 Å². The van der Waals surface area contributed by atoms with Crippen molar-refractivity contribution in [2.45, 2.75) is 19.4 Å². The topological polar surface area (TPSA) is 102 Å².